The summed E-state index contributed by atoms with van der Waals surface area (Å²) in [6.45, 7) is 1.45. The summed E-state index contributed by atoms with van der Waals surface area (Å²) in [5.41, 5.74) is 1.12. The van der Waals surface area contributed by atoms with Crippen LogP contribution in [0, 0.1) is 0 Å². The quantitative estimate of drug-likeness (QED) is 0.679. The van der Waals surface area contributed by atoms with Crippen LogP contribution >= 0.6 is 0 Å². The average molecular weight is 341 g/mol. The highest BCUT2D eigenvalue weighted by Crippen LogP contribution is 2.14. The van der Waals surface area contributed by atoms with E-state index in [-0.39, 0.29) is 17.2 Å². The number of H-pyrrole nitrogens is 1. The van der Waals surface area contributed by atoms with Crippen LogP contribution in [0.15, 0.2) is 41.5 Å². The van der Waals surface area contributed by atoms with Gasteiger partial charge in [0, 0.05) is 19.4 Å². The molecule has 0 aliphatic carbocycles. The second kappa shape index (κ2) is 6.56. The number of carbonyl (C=O) groups excluding carboxylic acids is 2. The molecule has 1 unspecified atom stereocenters. The van der Waals surface area contributed by atoms with Crippen molar-refractivity contribution in [1.29, 1.82) is 0 Å². The van der Waals surface area contributed by atoms with Gasteiger partial charge in [-0.05, 0) is 31.2 Å². The predicted molar refractivity (Wildman–Crippen MR) is 89.1 cm³/mol. The van der Waals surface area contributed by atoms with E-state index >= 15 is 0 Å². The van der Waals surface area contributed by atoms with Crippen molar-refractivity contribution in [3.05, 3.63) is 52.7 Å². The summed E-state index contributed by atoms with van der Waals surface area (Å²) in [6.07, 6.45) is 1.92. The summed E-state index contributed by atoms with van der Waals surface area (Å²) in [6, 6.07) is 6.27. The first-order chi connectivity index (χ1) is 12.0. The summed E-state index contributed by atoms with van der Waals surface area (Å²) < 4.78 is 6.55. The Morgan fingerprint density at radius 2 is 2.00 bits per heavy atom. The van der Waals surface area contributed by atoms with Crippen molar-refractivity contribution < 1.29 is 14.3 Å². The third kappa shape index (κ3) is 3.39. The molecule has 0 saturated carbocycles. The first-order valence-electron chi connectivity index (χ1n) is 7.43. The predicted octanol–water partition coefficient (Wildman–Crippen LogP) is 0.841. The van der Waals surface area contributed by atoms with Crippen LogP contribution in [0.25, 0.3) is 11.0 Å². The highest BCUT2D eigenvalue weighted by molar-refractivity contribution is 5.97. The standard InChI is InChI=1S/C16H15N5O4/c1-9(13(22)20-15-17-6-3-7-18-15)25-14(23)10-4-5-11-12(8-10)21(2)16(24)19-11/h3-9H,1-2H3,(H,19,24)(H,17,18,20,22). The van der Waals surface area contributed by atoms with E-state index in [1.54, 1.807) is 19.2 Å². The number of aromatic nitrogens is 4. The van der Waals surface area contributed by atoms with E-state index in [1.807, 2.05) is 0 Å². The molecule has 0 aliphatic rings. The molecule has 1 atom stereocenters. The number of anilines is 1. The fraction of sp³-hybridized carbons (Fsp3) is 0.188. The molecule has 3 aromatic rings. The van der Waals surface area contributed by atoms with Crippen molar-refractivity contribution in [3.8, 4) is 0 Å². The fourth-order valence-electron chi connectivity index (χ4n) is 2.21. The van der Waals surface area contributed by atoms with Crippen LogP contribution < -0.4 is 11.0 Å². The number of aromatic amines is 1. The van der Waals surface area contributed by atoms with E-state index in [1.165, 1.54) is 36.0 Å². The van der Waals surface area contributed by atoms with Crippen LogP contribution in [0.2, 0.25) is 0 Å². The Hall–Kier alpha value is -3.49. The van der Waals surface area contributed by atoms with Gasteiger partial charge in [0.1, 0.15) is 0 Å². The van der Waals surface area contributed by atoms with Gasteiger partial charge in [0.15, 0.2) is 6.10 Å². The molecule has 2 aromatic heterocycles. The number of hydrogen-bond acceptors (Lipinski definition) is 6. The van der Waals surface area contributed by atoms with Crippen LogP contribution in [-0.4, -0.2) is 37.5 Å². The summed E-state index contributed by atoms with van der Waals surface area (Å²) in [4.78, 5) is 46.2. The van der Waals surface area contributed by atoms with E-state index in [2.05, 4.69) is 20.3 Å². The zero-order valence-electron chi connectivity index (χ0n) is 13.5. The number of hydrogen-bond donors (Lipinski definition) is 2. The van der Waals surface area contributed by atoms with E-state index in [0.29, 0.717) is 11.0 Å². The lowest BCUT2D eigenvalue weighted by atomic mass is 10.2. The molecule has 3 rings (SSSR count). The topological polar surface area (TPSA) is 119 Å². The molecule has 0 saturated heterocycles. The van der Waals surface area contributed by atoms with E-state index in [9.17, 15) is 14.4 Å². The number of imidazole rings is 1. The molecule has 128 valence electrons. The summed E-state index contributed by atoms with van der Waals surface area (Å²) >= 11 is 0. The largest absolute Gasteiger partial charge is 0.449 e. The summed E-state index contributed by atoms with van der Waals surface area (Å²) in [7, 11) is 1.59. The number of rotatable bonds is 4. The van der Waals surface area contributed by atoms with Gasteiger partial charge in [-0.3, -0.25) is 14.7 Å². The van der Waals surface area contributed by atoms with Gasteiger partial charge in [0.2, 0.25) is 5.95 Å². The number of nitrogens with zero attached hydrogens (tertiary/aromatic N) is 3. The number of ether oxygens (including phenoxy) is 1. The van der Waals surface area contributed by atoms with Gasteiger partial charge >= 0.3 is 11.7 Å². The lowest BCUT2D eigenvalue weighted by molar-refractivity contribution is -0.123. The van der Waals surface area contributed by atoms with E-state index in [4.69, 9.17) is 4.74 Å². The van der Waals surface area contributed by atoms with Crippen molar-refractivity contribution in [2.75, 3.05) is 5.32 Å². The van der Waals surface area contributed by atoms with E-state index < -0.39 is 18.0 Å². The Morgan fingerprint density at radius 3 is 2.72 bits per heavy atom. The number of amides is 1. The van der Waals surface area contributed by atoms with Gasteiger partial charge in [0.05, 0.1) is 16.6 Å². The van der Waals surface area contributed by atoms with Crippen LogP contribution in [-0.2, 0) is 16.6 Å². The van der Waals surface area contributed by atoms with Crippen molar-refractivity contribution in [2.24, 2.45) is 7.05 Å². The maximum Gasteiger partial charge on any atom is 0.338 e. The monoisotopic (exact) mass is 341 g/mol. The summed E-state index contributed by atoms with van der Waals surface area (Å²) in [5, 5.41) is 2.45. The molecule has 0 bridgehead atoms. The Morgan fingerprint density at radius 1 is 1.28 bits per heavy atom. The third-order valence-corrected chi connectivity index (χ3v) is 3.59. The highest BCUT2D eigenvalue weighted by atomic mass is 16.5. The first kappa shape index (κ1) is 16.4. The smallest absolute Gasteiger partial charge is 0.338 e. The normalized spacial score (nSPS) is 11.9. The number of carbonyl (C=O) groups is 2. The zero-order valence-corrected chi connectivity index (χ0v) is 13.5. The Kier molecular flexibility index (Phi) is 4.29. The summed E-state index contributed by atoms with van der Waals surface area (Å²) in [5.74, 6) is -1.10. The minimum absolute atomic E-state index is 0.124. The number of esters is 1. The van der Waals surface area contributed by atoms with Crippen molar-refractivity contribution in [2.45, 2.75) is 13.0 Å². The first-order valence-corrected chi connectivity index (χ1v) is 7.43. The van der Waals surface area contributed by atoms with Gasteiger partial charge < -0.3 is 9.72 Å². The molecule has 25 heavy (non-hydrogen) atoms. The average Bonchev–Trinajstić information content (AvgIpc) is 2.89. The molecule has 2 N–H and O–H groups in total. The minimum atomic E-state index is -1.04. The molecular weight excluding hydrogens is 326 g/mol. The lowest BCUT2D eigenvalue weighted by Crippen LogP contribution is -2.30. The van der Waals surface area contributed by atoms with Gasteiger partial charge in [-0.2, -0.15) is 0 Å². The van der Waals surface area contributed by atoms with Gasteiger partial charge in [0.25, 0.3) is 5.91 Å². The van der Waals surface area contributed by atoms with Gasteiger partial charge in [-0.1, -0.05) is 0 Å². The van der Waals surface area contributed by atoms with Gasteiger partial charge in [-0.15, -0.1) is 0 Å². The molecular formula is C16H15N5O4. The molecule has 1 amide bonds. The number of nitrogens with one attached hydrogen (secondary N) is 2. The second-order valence-electron chi connectivity index (χ2n) is 5.33. The third-order valence-electron chi connectivity index (χ3n) is 3.59. The highest BCUT2D eigenvalue weighted by Gasteiger charge is 2.20. The molecule has 0 fully saturated rings. The van der Waals surface area contributed by atoms with Crippen molar-refractivity contribution >= 4 is 28.9 Å². The Balaban J connectivity index is 1.72. The SMILES string of the molecule is CC(OC(=O)c1ccc2[nH]c(=O)n(C)c2c1)C(=O)Nc1ncccn1. The molecule has 0 radical (unpaired) electrons. The van der Waals surface area contributed by atoms with Crippen molar-refractivity contribution in [1.82, 2.24) is 19.5 Å². The Bertz CT molecular complexity index is 993. The van der Waals surface area contributed by atoms with Crippen molar-refractivity contribution in [3.63, 3.8) is 0 Å². The van der Waals surface area contributed by atoms with Crippen LogP contribution in [0.3, 0.4) is 0 Å². The zero-order chi connectivity index (χ0) is 18.0. The van der Waals surface area contributed by atoms with Crippen LogP contribution in [0.5, 0.6) is 0 Å². The maximum atomic E-state index is 12.2. The molecule has 0 aliphatic heterocycles. The number of fused-ring (bicyclic) bond motifs is 1. The fourth-order valence-corrected chi connectivity index (χ4v) is 2.21. The number of benzene rings is 1. The molecule has 1 aromatic carbocycles. The molecule has 2 heterocycles. The van der Waals surface area contributed by atoms with Crippen LogP contribution in [0.1, 0.15) is 17.3 Å². The number of aryl methyl sites for hydroxylation is 1. The van der Waals surface area contributed by atoms with E-state index in [0.717, 1.165) is 0 Å². The van der Waals surface area contributed by atoms with Gasteiger partial charge in [-0.25, -0.2) is 19.6 Å². The molecule has 0 spiro atoms. The molecule has 9 heteroatoms. The maximum absolute atomic E-state index is 12.2. The minimum Gasteiger partial charge on any atom is -0.449 e. The second-order valence-corrected chi connectivity index (χ2v) is 5.33. The Labute approximate surface area is 141 Å². The molecule has 9 nitrogen and oxygen atoms in total. The lowest BCUT2D eigenvalue weighted by Gasteiger charge is -2.12. The van der Waals surface area contributed by atoms with Crippen LogP contribution in [0.4, 0.5) is 5.95 Å².